The van der Waals surface area contributed by atoms with Gasteiger partial charge in [-0.3, -0.25) is 23.9 Å². The van der Waals surface area contributed by atoms with Gasteiger partial charge in [0.2, 0.25) is 27.7 Å². The summed E-state index contributed by atoms with van der Waals surface area (Å²) in [7, 11) is -2.38. The molecule has 2 aliphatic carbocycles. The van der Waals surface area contributed by atoms with Crippen LogP contribution in [0.25, 0.3) is 22.2 Å². The molecule has 0 spiro atoms. The van der Waals surface area contributed by atoms with Crippen LogP contribution in [0.5, 0.6) is 11.5 Å². The Morgan fingerprint density at radius 1 is 1.08 bits per heavy atom. The van der Waals surface area contributed by atoms with Crippen LogP contribution in [0.1, 0.15) is 71.3 Å². The molecule has 3 aromatic rings. The Morgan fingerprint density at radius 2 is 1.80 bits per heavy atom. The molecule has 4 fully saturated rings. The third kappa shape index (κ3) is 8.70. The molecular formula is C44H53F2N5O8S. The van der Waals surface area contributed by atoms with E-state index >= 15 is 0 Å². The first-order chi connectivity index (χ1) is 28.3. The molecule has 0 unspecified atom stereocenters. The van der Waals surface area contributed by atoms with E-state index in [-0.39, 0.29) is 45.2 Å². The number of carbonyl (C=O) groups excluding carboxylic acids is 4. The van der Waals surface area contributed by atoms with Gasteiger partial charge in [0, 0.05) is 54.3 Å². The van der Waals surface area contributed by atoms with E-state index < -0.39 is 86.3 Å². The maximum Gasteiger partial charge on any atom is 0.265 e. The number of pyridine rings is 1. The van der Waals surface area contributed by atoms with Crippen molar-refractivity contribution in [2.75, 3.05) is 26.7 Å². The second kappa shape index (κ2) is 16.1. The zero-order chi connectivity index (χ0) is 43.4. The van der Waals surface area contributed by atoms with Gasteiger partial charge < -0.3 is 24.6 Å². The summed E-state index contributed by atoms with van der Waals surface area (Å²) in [6, 6.07) is 13.7. The van der Waals surface area contributed by atoms with Crippen LogP contribution in [-0.2, 0) is 29.2 Å². The van der Waals surface area contributed by atoms with Gasteiger partial charge >= 0.3 is 0 Å². The lowest BCUT2D eigenvalue weighted by Crippen LogP contribution is -2.57. The second-order valence-corrected chi connectivity index (χ2v) is 19.7. The molecule has 2 saturated carbocycles. The molecule has 2 aromatic carbocycles. The topological polar surface area (TPSA) is 164 Å². The number of aromatic nitrogens is 1. The summed E-state index contributed by atoms with van der Waals surface area (Å²) < 4.78 is 69.0. The largest absolute Gasteiger partial charge is 0.496 e. The molecule has 16 heteroatoms. The van der Waals surface area contributed by atoms with Crippen LogP contribution in [0.4, 0.5) is 8.78 Å². The SMILES string of the molecule is C=C[C@@H]1C[C@]1(NC(=O)[C@@H]1C[C@@H](Oc2cc(-c3ccccc3)nc3c(C)c(OC)ccc23)CN1C(=O)[C@@H](CC(=O)N1CCCC(F)(F)C1)C(C)(C)C)C(=O)NS(=O)(=O)C1CC1. The molecule has 5 atom stereocenters. The van der Waals surface area contributed by atoms with Crippen molar-refractivity contribution in [3.63, 3.8) is 0 Å². The normalized spacial score (nSPS) is 24.4. The van der Waals surface area contributed by atoms with Crippen LogP contribution in [-0.4, -0.2) is 102 Å². The van der Waals surface area contributed by atoms with E-state index in [2.05, 4.69) is 16.6 Å². The van der Waals surface area contributed by atoms with Crippen molar-refractivity contribution in [3.05, 3.63) is 66.7 Å². The van der Waals surface area contributed by atoms with Gasteiger partial charge in [-0.15, -0.1) is 6.58 Å². The van der Waals surface area contributed by atoms with Gasteiger partial charge in [0.05, 0.1) is 42.6 Å². The van der Waals surface area contributed by atoms with E-state index in [0.717, 1.165) is 16.0 Å². The molecule has 2 N–H and O–H groups in total. The smallest absolute Gasteiger partial charge is 0.265 e. The quantitative estimate of drug-likeness (QED) is 0.210. The molecule has 1 aromatic heterocycles. The zero-order valence-corrected chi connectivity index (χ0v) is 35.4. The number of amides is 4. The van der Waals surface area contributed by atoms with Gasteiger partial charge in [-0.25, -0.2) is 22.2 Å². The highest BCUT2D eigenvalue weighted by atomic mass is 32.2. The monoisotopic (exact) mass is 849 g/mol. The number of rotatable bonds is 13. The number of hydrogen-bond donors (Lipinski definition) is 2. The van der Waals surface area contributed by atoms with Gasteiger partial charge in [0.1, 0.15) is 29.2 Å². The van der Waals surface area contributed by atoms with E-state index in [0.29, 0.717) is 40.9 Å². The molecule has 60 heavy (non-hydrogen) atoms. The molecule has 2 aliphatic heterocycles. The van der Waals surface area contributed by atoms with Gasteiger partial charge in [-0.05, 0) is 50.2 Å². The number of fused-ring (bicyclic) bond motifs is 1. The summed E-state index contributed by atoms with van der Waals surface area (Å²) in [6.45, 7) is 10.3. The van der Waals surface area contributed by atoms with Gasteiger partial charge in [0.25, 0.3) is 11.8 Å². The van der Waals surface area contributed by atoms with Crippen LogP contribution in [0.3, 0.4) is 0 Å². The lowest BCUT2D eigenvalue weighted by molar-refractivity contribution is -0.151. The minimum atomic E-state index is -3.95. The predicted molar refractivity (Wildman–Crippen MR) is 221 cm³/mol. The summed E-state index contributed by atoms with van der Waals surface area (Å²) in [5.74, 6) is -6.31. The Kier molecular flexibility index (Phi) is 11.5. The highest BCUT2D eigenvalue weighted by molar-refractivity contribution is 7.91. The molecule has 2 saturated heterocycles. The van der Waals surface area contributed by atoms with E-state index in [1.54, 1.807) is 40.0 Å². The fourth-order valence-electron chi connectivity index (χ4n) is 8.47. The number of benzene rings is 2. The van der Waals surface area contributed by atoms with Crippen molar-refractivity contribution in [2.24, 2.45) is 17.3 Å². The molecule has 0 radical (unpaired) electrons. The fourth-order valence-corrected chi connectivity index (χ4v) is 9.84. The second-order valence-electron chi connectivity index (χ2n) is 17.7. The predicted octanol–water partition coefficient (Wildman–Crippen LogP) is 5.55. The Bertz CT molecular complexity index is 2320. The maximum atomic E-state index is 14.9. The Labute approximate surface area is 349 Å². The summed E-state index contributed by atoms with van der Waals surface area (Å²) in [5.41, 5.74) is 0.369. The Hall–Kier alpha value is -5.12. The number of sulfonamides is 1. The average Bonchev–Trinajstić information content (AvgIpc) is 4.13. The average molecular weight is 850 g/mol. The van der Waals surface area contributed by atoms with Crippen LogP contribution >= 0.6 is 0 Å². The van der Waals surface area contributed by atoms with Gasteiger partial charge in [-0.1, -0.05) is 57.2 Å². The number of ether oxygens (including phenoxy) is 2. The summed E-state index contributed by atoms with van der Waals surface area (Å²) in [5, 5.41) is 2.78. The molecule has 4 amide bonds. The Balaban J connectivity index is 1.23. The maximum absolute atomic E-state index is 14.9. The molecule has 3 heterocycles. The summed E-state index contributed by atoms with van der Waals surface area (Å²) >= 11 is 0. The standard InChI is InChI=1S/C44H53F2N5O8S/c1-7-28-23-44(28,41(55)49-60(56,57)30-14-15-30)48-39(53)34-20-29(24-51(34)40(54)32(42(3,4)5)21-37(52)50-19-11-18-43(45,46)25-50)59-36-22-33(27-12-9-8-10-13-27)47-38-26(2)35(58-6)17-16-31(36)38/h7-10,12-13,16-17,22,28-30,32,34H,1,11,14-15,18-21,23-25H2,2-6H3,(H,48,53)(H,49,55)/t28-,29-,32-,34+,44-/m1/s1. The molecule has 322 valence electrons. The lowest BCUT2D eigenvalue weighted by Gasteiger charge is -2.37. The van der Waals surface area contributed by atoms with Crippen molar-refractivity contribution < 1.29 is 45.9 Å². The third-order valence-electron chi connectivity index (χ3n) is 12.3. The van der Waals surface area contributed by atoms with Crippen molar-refractivity contribution >= 4 is 44.6 Å². The highest BCUT2D eigenvalue weighted by Gasteiger charge is 2.62. The minimum absolute atomic E-state index is 0.0306. The van der Waals surface area contributed by atoms with E-state index in [1.165, 1.54) is 11.0 Å². The number of halogens is 2. The number of alkyl halides is 2. The lowest BCUT2D eigenvalue weighted by atomic mass is 9.77. The molecular weight excluding hydrogens is 797 g/mol. The number of nitrogens with one attached hydrogen (secondary N) is 2. The number of likely N-dealkylation sites (tertiary alicyclic amines) is 2. The third-order valence-corrected chi connectivity index (χ3v) is 14.1. The number of aryl methyl sites for hydroxylation is 1. The van der Waals surface area contributed by atoms with Crippen LogP contribution in [0.15, 0.2) is 61.2 Å². The number of hydrogen-bond acceptors (Lipinski definition) is 9. The first kappa shape index (κ1) is 43.0. The molecule has 0 bridgehead atoms. The number of carbonyl (C=O) groups is 4. The first-order valence-electron chi connectivity index (χ1n) is 20.4. The van der Waals surface area contributed by atoms with Gasteiger partial charge in [0.15, 0.2) is 0 Å². The van der Waals surface area contributed by atoms with Crippen LogP contribution < -0.4 is 19.5 Å². The van der Waals surface area contributed by atoms with Crippen LogP contribution in [0, 0.1) is 24.2 Å². The van der Waals surface area contributed by atoms with E-state index in [1.807, 2.05) is 43.3 Å². The van der Waals surface area contributed by atoms with Crippen molar-refractivity contribution in [2.45, 2.75) is 101 Å². The summed E-state index contributed by atoms with van der Waals surface area (Å²) in [6.07, 6.45) is 1.06. The Morgan fingerprint density at radius 3 is 2.42 bits per heavy atom. The molecule has 13 nitrogen and oxygen atoms in total. The number of methoxy groups -OCH3 is 1. The van der Waals surface area contributed by atoms with Crippen molar-refractivity contribution in [1.29, 1.82) is 0 Å². The highest BCUT2D eigenvalue weighted by Crippen LogP contribution is 2.46. The number of nitrogens with zero attached hydrogens (tertiary/aromatic N) is 3. The van der Waals surface area contributed by atoms with E-state index in [9.17, 15) is 36.4 Å². The van der Waals surface area contributed by atoms with Crippen molar-refractivity contribution in [3.8, 4) is 22.8 Å². The van der Waals surface area contributed by atoms with E-state index in [4.69, 9.17) is 14.5 Å². The molecule has 7 rings (SSSR count). The fraction of sp³-hybridized carbons (Fsp3) is 0.523. The minimum Gasteiger partial charge on any atom is -0.496 e. The van der Waals surface area contributed by atoms with Crippen molar-refractivity contribution in [1.82, 2.24) is 24.8 Å². The molecule has 4 aliphatic rings. The first-order valence-corrected chi connectivity index (χ1v) is 22.0. The number of piperidine rings is 1. The summed E-state index contributed by atoms with van der Waals surface area (Å²) in [4.78, 5) is 64.2. The van der Waals surface area contributed by atoms with Gasteiger partial charge in [-0.2, -0.15) is 0 Å². The zero-order valence-electron chi connectivity index (χ0n) is 34.6. The van der Waals surface area contributed by atoms with Crippen LogP contribution in [0.2, 0.25) is 0 Å².